The summed E-state index contributed by atoms with van der Waals surface area (Å²) in [5.74, 6) is 0. The highest BCUT2D eigenvalue weighted by Crippen LogP contribution is 2.44. The summed E-state index contributed by atoms with van der Waals surface area (Å²) >= 11 is 0. The largest absolute Gasteiger partial charge is 0.456 e. The Morgan fingerprint density at radius 3 is 1.71 bits per heavy atom. The molecule has 3 nitrogen and oxygen atoms in total. The van der Waals surface area contributed by atoms with E-state index in [1.54, 1.807) is 0 Å². The average Bonchev–Trinajstić information content (AvgIpc) is 3.82. The Balaban J connectivity index is 1.08. The molecule has 0 radical (unpaired) electrons. The van der Waals surface area contributed by atoms with Gasteiger partial charge in [0.1, 0.15) is 22.3 Å². The SMILES string of the molecule is c1ccc(-c2c(-c3cccc(N(c4ccccc4)c4ccc5c(c4)oc4ccccc45)c3)cccc2-c2ccc3c(ccc4oc5ccccc5c43)c2)cc1. The molecule has 11 aromatic rings. The van der Waals surface area contributed by atoms with Crippen LogP contribution in [0.4, 0.5) is 17.1 Å². The van der Waals surface area contributed by atoms with Crippen molar-refractivity contribution in [2.75, 3.05) is 4.90 Å². The fourth-order valence-electron chi connectivity index (χ4n) is 8.36. The normalized spacial score (nSPS) is 11.6. The molecule has 0 unspecified atom stereocenters. The van der Waals surface area contributed by atoms with Crippen LogP contribution in [0.5, 0.6) is 0 Å². The van der Waals surface area contributed by atoms with E-state index in [1.165, 1.54) is 38.6 Å². The van der Waals surface area contributed by atoms with Gasteiger partial charge in [0.05, 0.1) is 0 Å². The van der Waals surface area contributed by atoms with Crippen molar-refractivity contribution in [2.24, 2.45) is 0 Å². The molecule has 0 bridgehead atoms. The molecule has 2 aromatic heterocycles. The molecule has 0 N–H and O–H groups in total. The van der Waals surface area contributed by atoms with Crippen LogP contribution in [0.3, 0.4) is 0 Å². The van der Waals surface area contributed by atoms with Gasteiger partial charge in [0.15, 0.2) is 0 Å². The number of benzene rings is 9. The molecule has 3 heteroatoms. The predicted octanol–water partition coefficient (Wildman–Crippen LogP) is 15.1. The van der Waals surface area contributed by atoms with Crippen LogP contribution in [-0.4, -0.2) is 0 Å². The predicted molar refractivity (Wildman–Crippen MR) is 229 cm³/mol. The molecule has 9 aromatic carbocycles. The molecule has 0 amide bonds. The Kier molecular flexibility index (Phi) is 7.17. The molecule has 0 aliphatic heterocycles. The van der Waals surface area contributed by atoms with Gasteiger partial charge >= 0.3 is 0 Å². The van der Waals surface area contributed by atoms with Gasteiger partial charge < -0.3 is 13.7 Å². The van der Waals surface area contributed by atoms with E-state index in [4.69, 9.17) is 8.83 Å². The summed E-state index contributed by atoms with van der Waals surface area (Å²) in [5, 5.41) is 6.92. The maximum Gasteiger partial charge on any atom is 0.137 e. The van der Waals surface area contributed by atoms with Crippen LogP contribution in [-0.2, 0) is 0 Å². The number of fused-ring (bicyclic) bond motifs is 8. The lowest BCUT2D eigenvalue weighted by atomic mass is 9.87. The molecule has 0 aliphatic carbocycles. The first-order chi connectivity index (χ1) is 27.3. The molecule has 55 heavy (non-hydrogen) atoms. The van der Waals surface area contributed by atoms with Crippen LogP contribution < -0.4 is 4.90 Å². The molecule has 0 saturated carbocycles. The number of anilines is 3. The van der Waals surface area contributed by atoms with Gasteiger partial charge in [-0.05, 0) is 105 Å². The molecule has 0 atom stereocenters. The first-order valence-electron chi connectivity index (χ1n) is 18.7. The number of hydrogen-bond donors (Lipinski definition) is 0. The number of hydrogen-bond acceptors (Lipinski definition) is 3. The molecule has 0 spiro atoms. The molecule has 0 aliphatic rings. The molecular formula is C52H33NO2. The van der Waals surface area contributed by atoms with Crippen molar-refractivity contribution in [3.8, 4) is 33.4 Å². The van der Waals surface area contributed by atoms with Gasteiger partial charge in [0, 0.05) is 44.7 Å². The van der Waals surface area contributed by atoms with Crippen molar-refractivity contribution >= 4 is 71.7 Å². The lowest BCUT2D eigenvalue weighted by Gasteiger charge is -2.26. The first kappa shape index (κ1) is 31.2. The van der Waals surface area contributed by atoms with Crippen molar-refractivity contribution in [3.63, 3.8) is 0 Å². The van der Waals surface area contributed by atoms with Gasteiger partial charge in [0.2, 0.25) is 0 Å². The van der Waals surface area contributed by atoms with E-state index in [0.29, 0.717) is 0 Å². The molecule has 0 saturated heterocycles. The van der Waals surface area contributed by atoms with E-state index in [2.05, 4.69) is 181 Å². The Bertz CT molecular complexity index is 3210. The smallest absolute Gasteiger partial charge is 0.137 e. The van der Waals surface area contributed by atoms with Crippen LogP contribution in [0.15, 0.2) is 209 Å². The minimum absolute atomic E-state index is 0.868. The second-order valence-electron chi connectivity index (χ2n) is 14.1. The molecule has 11 rings (SSSR count). The minimum atomic E-state index is 0.868. The summed E-state index contributed by atoms with van der Waals surface area (Å²) in [4.78, 5) is 2.31. The average molecular weight is 704 g/mol. The fraction of sp³-hybridized carbons (Fsp3) is 0. The Labute approximate surface area is 317 Å². The number of furan rings is 2. The minimum Gasteiger partial charge on any atom is -0.456 e. The lowest BCUT2D eigenvalue weighted by Crippen LogP contribution is -2.09. The van der Waals surface area contributed by atoms with E-state index < -0.39 is 0 Å². The third-order valence-electron chi connectivity index (χ3n) is 10.8. The standard InChI is InChI=1S/C52H33NO2/c1-3-13-34(14-4-1)51-41(21-12-22-42(51)36-25-28-43-37(31-36)26-30-49-52(43)46-20-8-10-24-48(46)54-49)35-15-11-18-39(32-35)53(38-16-5-2-6-17-38)40-27-29-45-44-19-7-9-23-47(44)55-50(45)33-40/h1-33H. The second kappa shape index (κ2) is 12.6. The summed E-state index contributed by atoms with van der Waals surface area (Å²) in [6, 6.07) is 71.1. The van der Waals surface area contributed by atoms with Crippen molar-refractivity contribution in [3.05, 3.63) is 200 Å². The van der Waals surface area contributed by atoms with Crippen LogP contribution in [0, 0.1) is 0 Å². The Morgan fingerprint density at radius 2 is 0.891 bits per heavy atom. The zero-order valence-electron chi connectivity index (χ0n) is 29.8. The van der Waals surface area contributed by atoms with Crippen molar-refractivity contribution in [2.45, 2.75) is 0 Å². The van der Waals surface area contributed by atoms with Gasteiger partial charge in [-0.3, -0.25) is 0 Å². The van der Waals surface area contributed by atoms with Gasteiger partial charge in [-0.2, -0.15) is 0 Å². The maximum absolute atomic E-state index is 6.36. The van der Waals surface area contributed by atoms with Crippen LogP contribution in [0.2, 0.25) is 0 Å². The maximum atomic E-state index is 6.36. The summed E-state index contributed by atoms with van der Waals surface area (Å²) < 4.78 is 12.6. The quantitative estimate of drug-likeness (QED) is 0.173. The lowest BCUT2D eigenvalue weighted by molar-refractivity contribution is 0.668. The molecule has 258 valence electrons. The molecular weight excluding hydrogens is 671 g/mol. The molecule has 2 heterocycles. The van der Waals surface area contributed by atoms with Gasteiger partial charge in [-0.1, -0.05) is 133 Å². The highest BCUT2D eigenvalue weighted by atomic mass is 16.3. The summed E-state index contributed by atoms with van der Waals surface area (Å²) in [7, 11) is 0. The molecule has 0 fully saturated rings. The van der Waals surface area contributed by atoms with E-state index in [9.17, 15) is 0 Å². The third-order valence-corrected chi connectivity index (χ3v) is 10.8. The van der Waals surface area contributed by atoms with Gasteiger partial charge in [-0.25, -0.2) is 0 Å². The Hall–Kier alpha value is -7.36. The van der Waals surface area contributed by atoms with Crippen LogP contribution in [0.1, 0.15) is 0 Å². The summed E-state index contributed by atoms with van der Waals surface area (Å²) in [6.07, 6.45) is 0. The van der Waals surface area contributed by atoms with Gasteiger partial charge in [0.25, 0.3) is 0 Å². The topological polar surface area (TPSA) is 29.5 Å². The Morgan fingerprint density at radius 1 is 0.309 bits per heavy atom. The van der Waals surface area contributed by atoms with Crippen molar-refractivity contribution in [1.82, 2.24) is 0 Å². The fourth-order valence-corrected chi connectivity index (χ4v) is 8.36. The highest BCUT2D eigenvalue weighted by Gasteiger charge is 2.19. The summed E-state index contributed by atoms with van der Waals surface area (Å²) in [6.45, 7) is 0. The number of para-hydroxylation sites is 3. The zero-order valence-corrected chi connectivity index (χ0v) is 29.8. The van der Waals surface area contributed by atoms with Gasteiger partial charge in [-0.15, -0.1) is 0 Å². The second-order valence-corrected chi connectivity index (χ2v) is 14.1. The monoisotopic (exact) mass is 703 g/mol. The van der Waals surface area contributed by atoms with Crippen LogP contribution >= 0.6 is 0 Å². The van der Waals surface area contributed by atoms with E-state index >= 15 is 0 Å². The van der Waals surface area contributed by atoms with Crippen LogP contribution in [0.25, 0.3) is 88.0 Å². The van der Waals surface area contributed by atoms with Crippen molar-refractivity contribution in [1.29, 1.82) is 0 Å². The van der Waals surface area contributed by atoms with Crippen molar-refractivity contribution < 1.29 is 8.83 Å². The first-order valence-corrected chi connectivity index (χ1v) is 18.7. The number of rotatable bonds is 6. The van der Waals surface area contributed by atoms with E-state index in [0.717, 1.165) is 66.5 Å². The third kappa shape index (κ3) is 5.20. The summed E-state index contributed by atoms with van der Waals surface area (Å²) in [5.41, 5.74) is 13.8. The highest BCUT2D eigenvalue weighted by molar-refractivity contribution is 6.19. The number of nitrogens with zero attached hydrogens (tertiary/aromatic N) is 1. The zero-order chi connectivity index (χ0) is 36.3. The van der Waals surface area contributed by atoms with E-state index in [1.807, 2.05) is 24.3 Å². The van der Waals surface area contributed by atoms with E-state index in [-0.39, 0.29) is 0 Å².